The second kappa shape index (κ2) is 6.35. The Morgan fingerprint density at radius 2 is 1.95 bits per heavy atom. The standard InChI is InChI=1S/C14H20N2O3S/c1-8-7-20-13(15-8)9(2)16-12(17)10-3-5-11(6-4-10)14(18)19/h7,9-11H,3-6H2,1-2H3,(H,16,17)(H,18,19). The third-order valence-corrected chi connectivity index (χ3v) is 4.96. The number of amides is 1. The Balaban J connectivity index is 1.85. The van der Waals surface area contributed by atoms with Gasteiger partial charge >= 0.3 is 5.97 Å². The van der Waals surface area contributed by atoms with E-state index < -0.39 is 5.97 Å². The summed E-state index contributed by atoms with van der Waals surface area (Å²) in [6, 6.07) is -0.0848. The maximum Gasteiger partial charge on any atom is 0.306 e. The first-order valence-electron chi connectivity index (χ1n) is 6.92. The van der Waals surface area contributed by atoms with Gasteiger partial charge in [0.25, 0.3) is 0 Å². The van der Waals surface area contributed by atoms with Crippen LogP contribution < -0.4 is 5.32 Å². The number of hydrogen-bond donors (Lipinski definition) is 2. The highest BCUT2D eigenvalue weighted by Crippen LogP contribution is 2.29. The Bertz CT molecular complexity index is 492. The van der Waals surface area contributed by atoms with Gasteiger partial charge in [-0.1, -0.05) is 0 Å². The highest BCUT2D eigenvalue weighted by atomic mass is 32.1. The van der Waals surface area contributed by atoms with Crippen LogP contribution in [-0.4, -0.2) is 22.0 Å². The summed E-state index contributed by atoms with van der Waals surface area (Å²) in [5, 5.41) is 14.8. The molecule has 0 aliphatic heterocycles. The predicted octanol–water partition coefficient (Wildman–Crippen LogP) is 2.52. The van der Waals surface area contributed by atoms with Gasteiger partial charge in [0.15, 0.2) is 0 Å². The molecule has 5 nitrogen and oxygen atoms in total. The lowest BCUT2D eigenvalue weighted by Gasteiger charge is -2.26. The third-order valence-electron chi connectivity index (χ3n) is 3.81. The molecule has 1 aromatic heterocycles. The fourth-order valence-electron chi connectivity index (χ4n) is 2.57. The first-order valence-corrected chi connectivity index (χ1v) is 7.80. The highest BCUT2D eigenvalue weighted by Gasteiger charge is 2.30. The van der Waals surface area contributed by atoms with Crippen LogP contribution in [0.4, 0.5) is 0 Å². The van der Waals surface area contributed by atoms with E-state index in [1.54, 1.807) is 11.3 Å². The maximum absolute atomic E-state index is 12.2. The van der Waals surface area contributed by atoms with Crippen LogP contribution >= 0.6 is 11.3 Å². The molecule has 1 atom stereocenters. The summed E-state index contributed by atoms with van der Waals surface area (Å²) >= 11 is 1.55. The zero-order valence-electron chi connectivity index (χ0n) is 11.8. The molecule has 110 valence electrons. The zero-order chi connectivity index (χ0) is 14.7. The molecule has 0 aromatic carbocycles. The Kier molecular flexibility index (Phi) is 4.75. The third kappa shape index (κ3) is 3.56. The number of hydrogen-bond acceptors (Lipinski definition) is 4. The molecule has 1 aromatic rings. The molecule has 1 aliphatic rings. The van der Waals surface area contributed by atoms with Crippen molar-refractivity contribution < 1.29 is 14.7 Å². The minimum absolute atomic E-state index is 0.0224. The molecule has 1 aliphatic carbocycles. The minimum Gasteiger partial charge on any atom is -0.481 e. The van der Waals surface area contributed by atoms with E-state index in [9.17, 15) is 9.59 Å². The van der Waals surface area contributed by atoms with Gasteiger partial charge in [0.05, 0.1) is 12.0 Å². The molecule has 2 N–H and O–H groups in total. The Morgan fingerprint density at radius 3 is 2.45 bits per heavy atom. The molecule has 2 rings (SSSR count). The molecule has 0 bridgehead atoms. The van der Waals surface area contributed by atoms with Gasteiger partial charge in [-0.2, -0.15) is 0 Å². The van der Waals surface area contributed by atoms with Crippen molar-refractivity contribution in [1.82, 2.24) is 10.3 Å². The number of thiazole rings is 1. The van der Waals surface area contributed by atoms with Gasteiger partial charge in [-0.25, -0.2) is 4.98 Å². The van der Waals surface area contributed by atoms with Crippen LogP contribution in [0.2, 0.25) is 0 Å². The Hall–Kier alpha value is -1.43. The van der Waals surface area contributed by atoms with E-state index in [2.05, 4.69) is 10.3 Å². The number of carbonyl (C=O) groups is 2. The topological polar surface area (TPSA) is 79.3 Å². The van der Waals surface area contributed by atoms with Gasteiger partial charge in [0.1, 0.15) is 5.01 Å². The van der Waals surface area contributed by atoms with Gasteiger partial charge in [-0.15, -0.1) is 11.3 Å². The van der Waals surface area contributed by atoms with Crippen molar-refractivity contribution in [3.05, 3.63) is 16.1 Å². The summed E-state index contributed by atoms with van der Waals surface area (Å²) < 4.78 is 0. The number of aliphatic carboxylic acids is 1. The van der Waals surface area contributed by atoms with Crippen molar-refractivity contribution in [3.8, 4) is 0 Å². The van der Waals surface area contributed by atoms with Gasteiger partial charge in [-0.05, 0) is 39.5 Å². The lowest BCUT2D eigenvalue weighted by Crippen LogP contribution is -2.35. The van der Waals surface area contributed by atoms with E-state index >= 15 is 0 Å². The molecule has 20 heavy (non-hydrogen) atoms. The predicted molar refractivity (Wildman–Crippen MR) is 76.5 cm³/mol. The molecular formula is C14H20N2O3S. The molecular weight excluding hydrogens is 276 g/mol. The van der Waals surface area contributed by atoms with Crippen molar-refractivity contribution in [2.24, 2.45) is 11.8 Å². The van der Waals surface area contributed by atoms with E-state index in [-0.39, 0.29) is 23.8 Å². The van der Waals surface area contributed by atoms with E-state index in [0.29, 0.717) is 25.7 Å². The fourth-order valence-corrected chi connectivity index (χ4v) is 3.37. The number of carbonyl (C=O) groups excluding carboxylic acids is 1. The molecule has 1 saturated carbocycles. The molecule has 0 saturated heterocycles. The van der Waals surface area contributed by atoms with E-state index in [1.165, 1.54) is 0 Å². The number of carboxylic acids is 1. The van der Waals surface area contributed by atoms with Crippen molar-refractivity contribution in [3.63, 3.8) is 0 Å². The first kappa shape index (κ1) is 15.0. The van der Waals surface area contributed by atoms with E-state index in [1.807, 2.05) is 19.2 Å². The van der Waals surface area contributed by atoms with Crippen molar-refractivity contribution in [1.29, 1.82) is 0 Å². The van der Waals surface area contributed by atoms with Crippen LogP contribution in [0.25, 0.3) is 0 Å². The lowest BCUT2D eigenvalue weighted by molar-refractivity contribution is -0.144. The molecule has 1 fully saturated rings. The van der Waals surface area contributed by atoms with Crippen LogP contribution in [0.15, 0.2) is 5.38 Å². The van der Waals surface area contributed by atoms with Crippen LogP contribution in [0.1, 0.15) is 49.4 Å². The summed E-state index contributed by atoms with van der Waals surface area (Å²) in [7, 11) is 0. The average Bonchev–Trinajstić information content (AvgIpc) is 2.85. The zero-order valence-corrected chi connectivity index (χ0v) is 12.6. The molecule has 1 unspecified atom stereocenters. The Morgan fingerprint density at radius 1 is 1.35 bits per heavy atom. The van der Waals surface area contributed by atoms with E-state index in [4.69, 9.17) is 5.11 Å². The summed E-state index contributed by atoms with van der Waals surface area (Å²) in [6.45, 7) is 3.86. The van der Waals surface area contributed by atoms with Crippen molar-refractivity contribution in [2.45, 2.75) is 45.6 Å². The molecule has 6 heteroatoms. The van der Waals surface area contributed by atoms with Crippen molar-refractivity contribution >= 4 is 23.2 Å². The number of rotatable bonds is 4. The van der Waals surface area contributed by atoms with Crippen molar-refractivity contribution in [2.75, 3.05) is 0 Å². The lowest BCUT2D eigenvalue weighted by atomic mass is 9.81. The number of aromatic nitrogens is 1. The summed E-state index contributed by atoms with van der Waals surface area (Å²) in [5.41, 5.74) is 0.966. The van der Waals surface area contributed by atoms with Gasteiger partial charge < -0.3 is 10.4 Å². The molecule has 1 amide bonds. The van der Waals surface area contributed by atoms with Gasteiger partial charge in [0.2, 0.25) is 5.91 Å². The van der Waals surface area contributed by atoms with Gasteiger partial charge in [-0.3, -0.25) is 9.59 Å². The number of carboxylic acid groups (broad SMARTS) is 1. The molecule has 1 heterocycles. The van der Waals surface area contributed by atoms with Crippen LogP contribution in [0, 0.1) is 18.8 Å². The molecule has 0 spiro atoms. The normalized spacial score (nSPS) is 24.1. The average molecular weight is 296 g/mol. The van der Waals surface area contributed by atoms with Crippen LogP contribution in [0.3, 0.4) is 0 Å². The maximum atomic E-state index is 12.2. The summed E-state index contributed by atoms with van der Waals surface area (Å²) in [4.78, 5) is 27.4. The molecule has 0 radical (unpaired) electrons. The number of aryl methyl sites for hydroxylation is 1. The van der Waals surface area contributed by atoms with Crippen LogP contribution in [0.5, 0.6) is 0 Å². The highest BCUT2D eigenvalue weighted by molar-refractivity contribution is 7.09. The second-order valence-electron chi connectivity index (χ2n) is 5.44. The van der Waals surface area contributed by atoms with Crippen LogP contribution in [-0.2, 0) is 9.59 Å². The Labute approximate surface area is 122 Å². The van der Waals surface area contributed by atoms with Gasteiger partial charge in [0, 0.05) is 17.0 Å². The SMILES string of the molecule is Cc1csc(C(C)NC(=O)C2CCC(C(=O)O)CC2)n1. The summed E-state index contributed by atoms with van der Waals surface area (Å²) in [6.07, 6.45) is 2.51. The second-order valence-corrected chi connectivity index (χ2v) is 6.33. The minimum atomic E-state index is -0.740. The monoisotopic (exact) mass is 296 g/mol. The number of nitrogens with one attached hydrogen (secondary N) is 1. The summed E-state index contributed by atoms with van der Waals surface area (Å²) in [5.74, 6) is -1.06. The first-order chi connectivity index (χ1) is 9.47. The fraction of sp³-hybridized carbons (Fsp3) is 0.643. The quantitative estimate of drug-likeness (QED) is 0.894. The van der Waals surface area contributed by atoms with E-state index in [0.717, 1.165) is 10.7 Å². The number of nitrogens with zero attached hydrogens (tertiary/aromatic N) is 1. The smallest absolute Gasteiger partial charge is 0.306 e. The largest absolute Gasteiger partial charge is 0.481 e.